The van der Waals surface area contributed by atoms with Crippen LogP contribution in [0, 0.1) is 13.8 Å². The number of aryl methyl sites for hydroxylation is 2. The molecule has 0 atom stereocenters. The highest BCUT2D eigenvalue weighted by molar-refractivity contribution is 6.09. The minimum Gasteiger partial charge on any atom is -0.456 e. The largest absolute Gasteiger partial charge is 0.456 e. The molecule has 2 N–H and O–H groups in total. The number of ether oxygens (including phenoxy) is 1. The Bertz CT molecular complexity index is 1270. The van der Waals surface area contributed by atoms with E-state index in [4.69, 9.17) is 20.4 Å². The number of carbonyl (C=O) groups is 1. The standard InChI is InChI=1S/C23H24N4O2/c1-13-10-11-14(2)17(12-13)27-20(24)18(22(28)29-23(3,4)5)19-21(27)26-16-9-7-6-8-15(16)25-19/h6-12H,24H2,1-5H3. The van der Waals surface area contributed by atoms with Crippen LogP contribution in [0.15, 0.2) is 42.5 Å². The van der Waals surface area contributed by atoms with E-state index in [0.29, 0.717) is 16.7 Å². The Morgan fingerprint density at radius 3 is 2.34 bits per heavy atom. The molecular formula is C23H24N4O2. The SMILES string of the molecule is Cc1ccc(C)c(-n2c(N)c(C(=O)OC(C)(C)C)c3nc4ccccc4nc32)c1. The number of aromatic nitrogens is 3. The van der Waals surface area contributed by atoms with Crippen molar-refractivity contribution in [2.45, 2.75) is 40.2 Å². The predicted molar refractivity (Wildman–Crippen MR) is 115 cm³/mol. The van der Waals surface area contributed by atoms with Gasteiger partial charge < -0.3 is 10.5 Å². The zero-order valence-electron chi connectivity index (χ0n) is 17.3. The number of rotatable bonds is 2. The maximum Gasteiger partial charge on any atom is 0.344 e. The third-order valence-electron chi connectivity index (χ3n) is 4.71. The van der Waals surface area contributed by atoms with Crippen molar-refractivity contribution < 1.29 is 9.53 Å². The van der Waals surface area contributed by atoms with Crippen molar-refractivity contribution in [3.05, 3.63) is 59.2 Å². The first-order valence-corrected chi connectivity index (χ1v) is 9.53. The Morgan fingerprint density at radius 2 is 1.69 bits per heavy atom. The van der Waals surface area contributed by atoms with E-state index in [9.17, 15) is 4.79 Å². The fourth-order valence-electron chi connectivity index (χ4n) is 3.40. The number of anilines is 1. The van der Waals surface area contributed by atoms with Crippen molar-refractivity contribution in [2.75, 3.05) is 5.73 Å². The number of fused-ring (bicyclic) bond motifs is 2. The minimum atomic E-state index is -0.651. The molecule has 0 spiro atoms. The van der Waals surface area contributed by atoms with Gasteiger partial charge in [0.15, 0.2) is 5.65 Å². The molecule has 0 saturated heterocycles. The number of carbonyl (C=O) groups excluding carboxylic acids is 1. The second-order valence-corrected chi connectivity index (χ2v) is 8.27. The molecule has 0 aliphatic heterocycles. The van der Waals surface area contributed by atoms with Crippen LogP contribution < -0.4 is 5.73 Å². The lowest BCUT2D eigenvalue weighted by atomic mass is 10.1. The van der Waals surface area contributed by atoms with Gasteiger partial charge in [0.1, 0.15) is 22.5 Å². The summed E-state index contributed by atoms with van der Waals surface area (Å²) in [5.41, 5.74) is 11.5. The van der Waals surface area contributed by atoms with E-state index in [-0.39, 0.29) is 11.4 Å². The van der Waals surface area contributed by atoms with Crippen LogP contribution in [0.2, 0.25) is 0 Å². The Morgan fingerprint density at radius 1 is 1.03 bits per heavy atom. The summed E-state index contributed by atoms with van der Waals surface area (Å²) in [5, 5.41) is 0. The van der Waals surface area contributed by atoms with Crippen molar-refractivity contribution in [3.63, 3.8) is 0 Å². The van der Waals surface area contributed by atoms with Crippen molar-refractivity contribution in [3.8, 4) is 5.69 Å². The average Bonchev–Trinajstić information content (AvgIpc) is 2.91. The molecule has 2 aromatic carbocycles. The Hall–Kier alpha value is -3.41. The van der Waals surface area contributed by atoms with E-state index >= 15 is 0 Å². The molecule has 0 amide bonds. The molecule has 2 aromatic heterocycles. The van der Waals surface area contributed by atoms with E-state index < -0.39 is 11.6 Å². The molecule has 0 saturated carbocycles. The Labute approximate surface area is 169 Å². The smallest absolute Gasteiger partial charge is 0.344 e. The van der Waals surface area contributed by atoms with Crippen LogP contribution in [-0.2, 0) is 4.74 Å². The normalized spacial score (nSPS) is 11.9. The van der Waals surface area contributed by atoms with Gasteiger partial charge in [-0.15, -0.1) is 0 Å². The zero-order chi connectivity index (χ0) is 20.9. The van der Waals surface area contributed by atoms with Gasteiger partial charge in [-0.25, -0.2) is 14.8 Å². The molecule has 0 bridgehead atoms. The fourth-order valence-corrected chi connectivity index (χ4v) is 3.40. The van der Waals surface area contributed by atoms with Crippen molar-refractivity contribution in [1.82, 2.24) is 14.5 Å². The van der Waals surface area contributed by atoms with Gasteiger partial charge in [0.25, 0.3) is 0 Å². The van der Waals surface area contributed by atoms with Crippen LogP contribution in [0.25, 0.3) is 27.9 Å². The first kappa shape index (κ1) is 18.9. The molecule has 0 fully saturated rings. The molecule has 29 heavy (non-hydrogen) atoms. The summed E-state index contributed by atoms with van der Waals surface area (Å²) in [4.78, 5) is 22.6. The second kappa shape index (κ2) is 6.58. The summed E-state index contributed by atoms with van der Waals surface area (Å²) < 4.78 is 7.43. The highest BCUT2D eigenvalue weighted by Gasteiger charge is 2.29. The van der Waals surface area contributed by atoms with Gasteiger partial charge in [-0.1, -0.05) is 24.3 Å². The number of nitrogens with zero attached hydrogens (tertiary/aromatic N) is 3. The molecule has 6 heteroatoms. The van der Waals surface area contributed by atoms with Gasteiger partial charge >= 0.3 is 5.97 Å². The predicted octanol–water partition coefficient (Wildman–Crippen LogP) is 4.73. The van der Waals surface area contributed by atoms with Crippen LogP contribution >= 0.6 is 0 Å². The fraction of sp³-hybridized carbons (Fsp3) is 0.261. The second-order valence-electron chi connectivity index (χ2n) is 8.27. The maximum absolute atomic E-state index is 13.0. The van der Waals surface area contributed by atoms with Gasteiger partial charge in [-0.2, -0.15) is 0 Å². The van der Waals surface area contributed by atoms with E-state index in [2.05, 4.69) is 0 Å². The van der Waals surface area contributed by atoms with Crippen molar-refractivity contribution in [1.29, 1.82) is 0 Å². The number of nitrogen functional groups attached to an aromatic ring is 1. The molecule has 0 unspecified atom stereocenters. The summed E-state index contributed by atoms with van der Waals surface area (Å²) in [6.45, 7) is 9.49. The number of nitrogens with two attached hydrogens (primary N) is 1. The molecule has 4 rings (SSSR count). The first-order chi connectivity index (χ1) is 13.7. The van der Waals surface area contributed by atoms with Crippen LogP contribution in [-0.4, -0.2) is 26.1 Å². The lowest BCUT2D eigenvalue weighted by Gasteiger charge is -2.19. The first-order valence-electron chi connectivity index (χ1n) is 9.53. The van der Waals surface area contributed by atoms with Crippen LogP contribution in [0.3, 0.4) is 0 Å². The van der Waals surface area contributed by atoms with E-state index in [1.165, 1.54) is 0 Å². The number of hydrogen-bond donors (Lipinski definition) is 1. The molecule has 0 radical (unpaired) electrons. The molecule has 4 aromatic rings. The summed E-state index contributed by atoms with van der Waals surface area (Å²) >= 11 is 0. The van der Waals surface area contributed by atoms with Gasteiger partial charge in [-0.05, 0) is 63.9 Å². The van der Waals surface area contributed by atoms with Gasteiger partial charge in [0, 0.05) is 0 Å². The monoisotopic (exact) mass is 388 g/mol. The number of esters is 1. The van der Waals surface area contributed by atoms with Gasteiger partial charge in [0.05, 0.1) is 16.7 Å². The molecule has 6 nitrogen and oxygen atoms in total. The number of benzene rings is 2. The quantitative estimate of drug-likeness (QED) is 0.502. The van der Waals surface area contributed by atoms with E-state index in [1.54, 1.807) is 4.57 Å². The highest BCUT2D eigenvalue weighted by Crippen LogP contribution is 2.33. The molecule has 0 aliphatic rings. The van der Waals surface area contributed by atoms with E-state index in [1.807, 2.05) is 77.1 Å². The topological polar surface area (TPSA) is 83.0 Å². The Balaban J connectivity index is 2.10. The summed E-state index contributed by atoms with van der Waals surface area (Å²) in [6.07, 6.45) is 0. The van der Waals surface area contributed by atoms with Crippen LogP contribution in [0.4, 0.5) is 5.82 Å². The molecular weight excluding hydrogens is 364 g/mol. The average molecular weight is 388 g/mol. The maximum atomic E-state index is 13.0. The number of hydrogen-bond acceptors (Lipinski definition) is 5. The lowest BCUT2D eigenvalue weighted by Crippen LogP contribution is -2.24. The highest BCUT2D eigenvalue weighted by atomic mass is 16.6. The minimum absolute atomic E-state index is 0.245. The summed E-state index contributed by atoms with van der Waals surface area (Å²) in [7, 11) is 0. The molecule has 0 aliphatic carbocycles. The van der Waals surface area contributed by atoms with Gasteiger partial charge in [0.2, 0.25) is 0 Å². The van der Waals surface area contributed by atoms with E-state index in [0.717, 1.165) is 22.3 Å². The molecule has 2 heterocycles. The zero-order valence-corrected chi connectivity index (χ0v) is 17.3. The lowest BCUT2D eigenvalue weighted by molar-refractivity contribution is 0.00728. The molecule has 148 valence electrons. The van der Waals surface area contributed by atoms with Gasteiger partial charge in [-0.3, -0.25) is 4.57 Å². The summed E-state index contributed by atoms with van der Waals surface area (Å²) in [6, 6.07) is 13.7. The number of para-hydroxylation sites is 2. The van der Waals surface area contributed by atoms with Crippen molar-refractivity contribution >= 4 is 34.0 Å². The third kappa shape index (κ3) is 3.31. The Kier molecular flexibility index (Phi) is 4.30. The van der Waals surface area contributed by atoms with Crippen LogP contribution in [0.5, 0.6) is 0 Å². The van der Waals surface area contributed by atoms with Crippen molar-refractivity contribution in [2.24, 2.45) is 0 Å². The third-order valence-corrected chi connectivity index (χ3v) is 4.71. The van der Waals surface area contributed by atoms with Crippen LogP contribution in [0.1, 0.15) is 42.3 Å². The summed E-state index contributed by atoms with van der Waals surface area (Å²) in [5.74, 6) is -0.230.